The minimum absolute atomic E-state index is 0. The van der Waals surface area contributed by atoms with Crippen molar-refractivity contribution in [3.63, 3.8) is 0 Å². The van der Waals surface area contributed by atoms with Crippen LogP contribution in [0.1, 0.15) is 67.0 Å². The number of aryl methyl sites for hydroxylation is 4. The van der Waals surface area contributed by atoms with Gasteiger partial charge in [0.15, 0.2) is 0 Å². The molecule has 0 aliphatic carbocycles. The molecule has 2 N–H and O–H groups in total. The molecule has 4 aromatic heterocycles. The summed E-state index contributed by atoms with van der Waals surface area (Å²) in [6.45, 7) is 7.56. The Bertz CT molecular complexity index is 2130. The zero-order chi connectivity index (χ0) is 34.5. The number of hydrogen-bond donors (Lipinski definition) is 1. The third-order valence-electron chi connectivity index (χ3n) is 7.56. The Labute approximate surface area is 290 Å². The Kier molecular flexibility index (Phi) is 11.8. The van der Waals surface area contributed by atoms with Crippen molar-refractivity contribution in [3.05, 3.63) is 148 Å². The summed E-state index contributed by atoms with van der Waals surface area (Å²) in [4.78, 5) is 39.5. The molecule has 0 fully saturated rings. The number of nitrogens with two attached hydrogens (primary N) is 1. The number of nitrogens with zero attached hydrogens (tertiary/aromatic N) is 5. The van der Waals surface area contributed by atoms with E-state index in [1.54, 1.807) is 42.0 Å². The van der Waals surface area contributed by atoms with Gasteiger partial charge in [-0.1, -0.05) is 13.5 Å². The summed E-state index contributed by atoms with van der Waals surface area (Å²) in [7, 11) is 0. The fourth-order valence-electron chi connectivity index (χ4n) is 4.88. The topological polar surface area (TPSA) is 138 Å². The molecule has 252 valence electrons. The largest absolute Gasteiger partial charge is 0.399 e. The lowest BCUT2D eigenvalue weighted by atomic mass is 10.0. The molecule has 6 aromatic rings. The summed E-state index contributed by atoms with van der Waals surface area (Å²) in [5, 5.41) is 16.3. The second-order valence-corrected chi connectivity index (χ2v) is 13.0. The predicted molar refractivity (Wildman–Crippen MR) is 190 cm³/mol. The van der Waals surface area contributed by atoms with Crippen molar-refractivity contribution < 1.29 is 18.5 Å². The van der Waals surface area contributed by atoms with Crippen molar-refractivity contribution in [1.29, 1.82) is 0 Å². The van der Waals surface area contributed by atoms with Crippen LogP contribution in [0.3, 0.4) is 0 Å². The van der Waals surface area contributed by atoms with E-state index in [2.05, 4.69) is 32.9 Å². The van der Waals surface area contributed by atoms with Crippen LogP contribution in [0.25, 0.3) is 11.3 Å². The normalized spacial score (nSPS) is 10.6. The molecule has 0 aliphatic heterocycles. The van der Waals surface area contributed by atoms with Crippen molar-refractivity contribution in [2.24, 2.45) is 0 Å². The van der Waals surface area contributed by atoms with Crippen molar-refractivity contribution in [3.8, 4) is 11.3 Å². The lowest BCUT2D eigenvalue weighted by Gasteiger charge is -2.08. The number of nitrogen functional groups attached to an aromatic ring is 1. The van der Waals surface area contributed by atoms with Gasteiger partial charge < -0.3 is 5.73 Å². The molecule has 0 aliphatic rings. The summed E-state index contributed by atoms with van der Waals surface area (Å²) < 4.78 is 26.2. The molecule has 0 saturated heterocycles. The van der Waals surface area contributed by atoms with Crippen molar-refractivity contribution >= 4 is 39.8 Å². The van der Waals surface area contributed by atoms with E-state index in [9.17, 15) is 23.7 Å². The van der Waals surface area contributed by atoms with E-state index in [0.29, 0.717) is 22.6 Å². The molecule has 2 aromatic carbocycles. The highest BCUT2D eigenvalue weighted by atomic mass is 32.1. The van der Waals surface area contributed by atoms with Crippen LogP contribution in [0.15, 0.2) is 71.8 Å². The van der Waals surface area contributed by atoms with E-state index in [4.69, 9.17) is 5.73 Å². The van der Waals surface area contributed by atoms with E-state index in [1.807, 2.05) is 25.3 Å². The van der Waals surface area contributed by atoms with Crippen LogP contribution in [0.4, 0.5) is 20.2 Å². The zero-order valence-electron chi connectivity index (χ0n) is 26.5. The first-order valence-corrected chi connectivity index (χ1v) is 16.4. The molecule has 0 atom stereocenters. The summed E-state index contributed by atoms with van der Waals surface area (Å²) in [5.74, 6) is -1.23. The molecule has 0 amide bonds. The van der Waals surface area contributed by atoms with Gasteiger partial charge in [0.1, 0.15) is 23.0 Å². The number of aromatic nitrogens is 4. The second kappa shape index (κ2) is 15.8. The van der Waals surface area contributed by atoms with Crippen molar-refractivity contribution in [2.75, 3.05) is 5.73 Å². The van der Waals surface area contributed by atoms with Crippen molar-refractivity contribution in [1.82, 2.24) is 19.9 Å². The number of thiazole rings is 2. The van der Waals surface area contributed by atoms with Gasteiger partial charge in [-0.25, -0.2) is 23.7 Å². The molecule has 0 saturated carbocycles. The standard InChI is InChI=1S/C18H14FN3O3S.C17H16FN3S.CH4/c1-10-6-16(22(24)25)11(2)5-12(10)7-17-21-15(9-26-17)18(23)14-4-3-13(19)8-20-14;1-10-4-15(19)11(2)3-12(10)6-17-21-16(9-22-17)13-5-14(18)8-20-7-13;/h3-6,8-9H,7H2,1-2H3;3-5,7-9H,6,19H2,1-2H3;1H4. The maximum atomic E-state index is 13.2. The fourth-order valence-corrected chi connectivity index (χ4v) is 6.50. The minimum atomic E-state index is -0.510. The van der Waals surface area contributed by atoms with Gasteiger partial charge in [0.05, 0.1) is 33.0 Å². The predicted octanol–water partition coefficient (Wildman–Crippen LogP) is 8.79. The zero-order valence-corrected chi connectivity index (χ0v) is 28.1. The second-order valence-electron chi connectivity index (χ2n) is 11.1. The van der Waals surface area contributed by atoms with Gasteiger partial charge in [-0.3, -0.25) is 19.9 Å². The van der Waals surface area contributed by atoms with E-state index in [1.165, 1.54) is 41.3 Å². The van der Waals surface area contributed by atoms with Crippen LogP contribution >= 0.6 is 22.7 Å². The van der Waals surface area contributed by atoms with Gasteiger partial charge in [-0.2, -0.15) is 0 Å². The molecular weight excluding hydrogens is 667 g/mol. The van der Waals surface area contributed by atoms with Gasteiger partial charge in [0.25, 0.3) is 5.69 Å². The molecule has 9 nitrogen and oxygen atoms in total. The Morgan fingerprint density at radius 2 is 1.45 bits per heavy atom. The maximum Gasteiger partial charge on any atom is 0.272 e. The molecule has 0 bridgehead atoms. The molecule has 0 unspecified atom stereocenters. The van der Waals surface area contributed by atoms with Crippen LogP contribution in [-0.4, -0.2) is 30.6 Å². The van der Waals surface area contributed by atoms with E-state index >= 15 is 0 Å². The number of anilines is 1. The highest BCUT2D eigenvalue weighted by Crippen LogP contribution is 2.27. The van der Waals surface area contributed by atoms with Crippen LogP contribution in [0.5, 0.6) is 0 Å². The highest BCUT2D eigenvalue weighted by molar-refractivity contribution is 7.10. The summed E-state index contributed by atoms with van der Waals surface area (Å²) >= 11 is 2.90. The van der Waals surface area contributed by atoms with Gasteiger partial charge in [0.2, 0.25) is 5.78 Å². The number of ketones is 1. The van der Waals surface area contributed by atoms with Gasteiger partial charge in [-0.05, 0) is 85.8 Å². The highest BCUT2D eigenvalue weighted by Gasteiger charge is 2.18. The average molecular weight is 701 g/mol. The summed E-state index contributed by atoms with van der Waals surface area (Å²) in [6, 6.07) is 11.4. The van der Waals surface area contributed by atoms with Crippen molar-refractivity contribution in [2.45, 2.75) is 48.0 Å². The molecular formula is C36H34F2N6O3S2. The number of rotatable bonds is 8. The Hall–Kier alpha value is -5.27. The Balaban J connectivity index is 0.000000219. The first kappa shape index (κ1) is 36.6. The van der Waals surface area contributed by atoms with Gasteiger partial charge in [0, 0.05) is 52.7 Å². The number of hydrogen-bond acceptors (Lipinski definition) is 10. The Morgan fingerprint density at radius 1 is 0.796 bits per heavy atom. The molecule has 6 rings (SSSR count). The smallest absolute Gasteiger partial charge is 0.272 e. The monoisotopic (exact) mass is 700 g/mol. The fraction of sp³-hybridized carbons (Fsp3) is 0.194. The first-order chi connectivity index (χ1) is 22.9. The lowest BCUT2D eigenvalue weighted by molar-refractivity contribution is -0.385. The molecule has 0 spiro atoms. The minimum Gasteiger partial charge on any atom is -0.399 e. The van der Waals surface area contributed by atoms with Crippen LogP contribution in [0, 0.1) is 49.4 Å². The van der Waals surface area contributed by atoms with E-state index < -0.39 is 10.7 Å². The number of halogens is 2. The van der Waals surface area contributed by atoms with Gasteiger partial charge in [-0.15, -0.1) is 22.7 Å². The first-order valence-electron chi connectivity index (χ1n) is 14.6. The molecule has 13 heteroatoms. The lowest BCUT2D eigenvalue weighted by Crippen LogP contribution is -2.05. The molecule has 4 heterocycles. The number of nitro groups is 1. The summed E-state index contributed by atoms with van der Waals surface area (Å²) in [6.07, 6.45) is 5.03. The van der Waals surface area contributed by atoms with Gasteiger partial charge >= 0.3 is 0 Å². The van der Waals surface area contributed by atoms with E-state index in [-0.39, 0.29) is 36.1 Å². The van der Waals surface area contributed by atoms with Crippen LogP contribution in [0.2, 0.25) is 0 Å². The number of pyridine rings is 2. The Morgan fingerprint density at radius 3 is 2.10 bits per heavy atom. The molecule has 0 radical (unpaired) electrons. The van der Waals surface area contributed by atoms with Crippen LogP contribution in [-0.2, 0) is 12.8 Å². The quantitative estimate of drug-likeness (QED) is 0.0720. The molecule has 49 heavy (non-hydrogen) atoms. The summed E-state index contributed by atoms with van der Waals surface area (Å²) in [5.41, 5.74) is 14.4. The number of benzene rings is 2. The third-order valence-corrected chi connectivity index (χ3v) is 9.25. The third kappa shape index (κ3) is 9.00. The average Bonchev–Trinajstić information content (AvgIpc) is 3.72. The SMILES string of the molecule is C.Cc1cc(Cc2nc(-c3cncc(F)c3)cs2)c(C)cc1N.Cc1cc([N+](=O)[O-])c(C)cc1Cc1nc(C(=O)c2ccc(F)cn2)cs1. The van der Waals surface area contributed by atoms with E-state index in [0.717, 1.165) is 51.3 Å². The number of nitro benzene ring substituents is 1. The number of carbonyl (C=O) groups is 1. The van der Waals surface area contributed by atoms with Crippen LogP contribution < -0.4 is 5.73 Å². The maximum absolute atomic E-state index is 13.2. The number of carbonyl (C=O) groups excluding carboxylic acids is 1.